The number of benzene rings is 2. The van der Waals surface area contributed by atoms with Crippen molar-refractivity contribution in [1.82, 2.24) is 15.0 Å². The molecule has 0 spiro atoms. The minimum atomic E-state index is -0.209. The van der Waals surface area contributed by atoms with Gasteiger partial charge in [0.1, 0.15) is 5.75 Å². The van der Waals surface area contributed by atoms with Crippen LogP contribution >= 0.6 is 23.4 Å². The summed E-state index contributed by atoms with van der Waals surface area (Å²) in [5.74, 6) is 0.632. The van der Waals surface area contributed by atoms with Gasteiger partial charge in [-0.3, -0.25) is 4.79 Å². The molecule has 1 heterocycles. The Morgan fingerprint density at radius 1 is 1.36 bits per heavy atom. The first-order chi connectivity index (χ1) is 13.4. The van der Waals surface area contributed by atoms with Crippen LogP contribution in [0.5, 0.6) is 5.75 Å². The van der Waals surface area contributed by atoms with Gasteiger partial charge in [-0.15, -0.1) is 0 Å². The van der Waals surface area contributed by atoms with Crippen LogP contribution < -0.4 is 10.2 Å². The number of para-hydroxylation sites is 2. The quantitative estimate of drug-likeness (QED) is 0.355. The number of thioether (sulfide) groups is 1. The summed E-state index contributed by atoms with van der Waals surface area (Å²) < 4.78 is 7.56. The van der Waals surface area contributed by atoms with Crippen molar-refractivity contribution in [2.75, 3.05) is 5.75 Å². The highest BCUT2D eigenvalue weighted by Gasteiger charge is 2.10. The van der Waals surface area contributed by atoms with Crippen LogP contribution in [-0.2, 0) is 11.8 Å². The van der Waals surface area contributed by atoms with Crippen molar-refractivity contribution in [3.05, 3.63) is 53.1 Å². The molecule has 0 fully saturated rings. The van der Waals surface area contributed by atoms with Gasteiger partial charge in [0.05, 0.1) is 34.1 Å². The van der Waals surface area contributed by atoms with Crippen molar-refractivity contribution < 1.29 is 9.53 Å². The van der Waals surface area contributed by atoms with Gasteiger partial charge in [-0.1, -0.05) is 35.5 Å². The van der Waals surface area contributed by atoms with Gasteiger partial charge in [0, 0.05) is 7.05 Å². The zero-order chi connectivity index (χ0) is 20.1. The summed E-state index contributed by atoms with van der Waals surface area (Å²) in [5, 5.41) is 5.27. The molecule has 6 nitrogen and oxygen atoms in total. The number of nitrogens with one attached hydrogen (secondary N) is 1. The number of nitrogens with zero attached hydrogens (tertiary/aromatic N) is 3. The minimum Gasteiger partial charge on any atom is -0.489 e. The number of imidazole rings is 1. The topological polar surface area (TPSA) is 68.5 Å². The number of carbonyl (C=O) groups excluding carboxylic acids is 1. The molecule has 0 aliphatic heterocycles. The lowest BCUT2D eigenvalue weighted by Crippen LogP contribution is -2.19. The molecule has 0 atom stereocenters. The van der Waals surface area contributed by atoms with Gasteiger partial charge in [0.25, 0.3) is 5.91 Å². The number of hydrazone groups is 1. The van der Waals surface area contributed by atoms with Gasteiger partial charge in [0.2, 0.25) is 0 Å². The number of amides is 1. The summed E-state index contributed by atoms with van der Waals surface area (Å²) in [7, 11) is 1.93. The summed E-state index contributed by atoms with van der Waals surface area (Å²) in [6.45, 7) is 3.87. The number of carbonyl (C=O) groups is 1. The maximum absolute atomic E-state index is 12.0. The summed E-state index contributed by atoms with van der Waals surface area (Å²) in [4.78, 5) is 16.6. The lowest BCUT2D eigenvalue weighted by molar-refractivity contribution is -0.118. The number of fused-ring (bicyclic) bond motifs is 1. The molecule has 2 aromatic carbocycles. The third kappa shape index (κ3) is 5.05. The Balaban J connectivity index is 1.53. The summed E-state index contributed by atoms with van der Waals surface area (Å²) in [6.07, 6.45) is 1.59. The Morgan fingerprint density at radius 2 is 2.14 bits per heavy atom. The SMILES string of the molecule is CC(C)Oc1ccc(/C=N\NC(=O)CSc2nc3ccccc3n2C)cc1Cl. The van der Waals surface area contributed by atoms with Crippen molar-refractivity contribution in [2.45, 2.75) is 25.1 Å². The molecule has 0 aliphatic rings. The highest BCUT2D eigenvalue weighted by Crippen LogP contribution is 2.26. The third-order valence-electron chi connectivity index (χ3n) is 3.80. The smallest absolute Gasteiger partial charge is 0.250 e. The average molecular weight is 417 g/mol. The molecular formula is C20H21ClN4O2S. The van der Waals surface area contributed by atoms with Crippen LogP contribution in [-0.4, -0.2) is 33.5 Å². The van der Waals surface area contributed by atoms with Crippen LogP contribution in [0.15, 0.2) is 52.7 Å². The number of halogens is 1. The second kappa shape index (κ2) is 9.12. The highest BCUT2D eigenvalue weighted by atomic mass is 35.5. The van der Waals surface area contributed by atoms with E-state index in [1.807, 2.05) is 55.8 Å². The molecule has 3 rings (SSSR count). The van der Waals surface area contributed by atoms with E-state index in [4.69, 9.17) is 16.3 Å². The van der Waals surface area contributed by atoms with Crippen LogP contribution in [0.4, 0.5) is 0 Å². The van der Waals surface area contributed by atoms with E-state index in [-0.39, 0.29) is 17.8 Å². The Kier molecular flexibility index (Phi) is 6.59. The predicted octanol–water partition coefficient (Wildman–Crippen LogP) is 4.26. The molecule has 0 bridgehead atoms. The van der Waals surface area contributed by atoms with Gasteiger partial charge in [-0.25, -0.2) is 10.4 Å². The minimum absolute atomic E-state index is 0.0464. The van der Waals surface area contributed by atoms with Crippen molar-refractivity contribution in [2.24, 2.45) is 12.1 Å². The Morgan fingerprint density at radius 3 is 2.86 bits per heavy atom. The van der Waals surface area contributed by atoms with E-state index in [1.54, 1.807) is 18.3 Å². The van der Waals surface area contributed by atoms with Gasteiger partial charge in [-0.2, -0.15) is 5.10 Å². The zero-order valence-corrected chi connectivity index (χ0v) is 17.4. The second-order valence-electron chi connectivity index (χ2n) is 6.38. The standard InChI is InChI=1S/C20H21ClN4O2S/c1-13(2)27-18-9-8-14(10-15(18)21)11-22-24-19(26)12-28-20-23-16-6-4-5-7-17(16)25(20)3/h4-11,13H,12H2,1-3H3,(H,24,26)/b22-11-. The molecule has 8 heteroatoms. The fourth-order valence-corrected chi connectivity index (χ4v) is 3.55. The number of ether oxygens (including phenoxy) is 1. The van der Waals surface area contributed by atoms with E-state index < -0.39 is 0 Å². The van der Waals surface area contributed by atoms with E-state index in [0.717, 1.165) is 21.8 Å². The fourth-order valence-electron chi connectivity index (χ4n) is 2.54. The second-order valence-corrected chi connectivity index (χ2v) is 7.73. The molecule has 0 radical (unpaired) electrons. The van der Waals surface area contributed by atoms with Crippen LogP contribution in [0, 0.1) is 0 Å². The largest absolute Gasteiger partial charge is 0.489 e. The van der Waals surface area contributed by atoms with E-state index in [1.165, 1.54) is 11.8 Å². The first-order valence-electron chi connectivity index (χ1n) is 8.76. The number of aryl methyl sites for hydroxylation is 1. The van der Waals surface area contributed by atoms with Crippen LogP contribution in [0.25, 0.3) is 11.0 Å². The fraction of sp³-hybridized carbons (Fsp3) is 0.250. The molecule has 3 aromatic rings. The molecule has 146 valence electrons. The maximum atomic E-state index is 12.0. The monoisotopic (exact) mass is 416 g/mol. The highest BCUT2D eigenvalue weighted by molar-refractivity contribution is 7.99. The number of rotatable bonds is 7. The van der Waals surface area contributed by atoms with E-state index in [0.29, 0.717) is 10.8 Å². The van der Waals surface area contributed by atoms with Crippen molar-refractivity contribution in [3.63, 3.8) is 0 Å². The van der Waals surface area contributed by atoms with Crippen LogP contribution in [0.2, 0.25) is 5.02 Å². The first-order valence-corrected chi connectivity index (χ1v) is 10.1. The number of hydrogen-bond acceptors (Lipinski definition) is 5. The van der Waals surface area contributed by atoms with Crippen LogP contribution in [0.1, 0.15) is 19.4 Å². The average Bonchev–Trinajstić information content (AvgIpc) is 2.98. The molecule has 1 aromatic heterocycles. The number of hydrogen-bond donors (Lipinski definition) is 1. The van der Waals surface area contributed by atoms with Gasteiger partial charge >= 0.3 is 0 Å². The Hall–Kier alpha value is -2.51. The normalized spacial score (nSPS) is 11.5. The lowest BCUT2D eigenvalue weighted by atomic mass is 10.2. The van der Waals surface area contributed by atoms with Crippen LogP contribution in [0.3, 0.4) is 0 Å². The summed E-state index contributed by atoms with van der Waals surface area (Å²) in [6, 6.07) is 13.2. The molecule has 1 amide bonds. The number of aromatic nitrogens is 2. The summed E-state index contributed by atoms with van der Waals surface area (Å²) in [5.41, 5.74) is 5.23. The van der Waals surface area contributed by atoms with E-state index >= 15 is 0 Å². The van der Waals surface area contributed by atoms with Crippen molar-refractivity contribution >= 4 is 46.5 Å². The van der Waals surface area contributed by atoms with Gasteiger partial charge < -0.3 is 9.30 Å². The van der Waals surface area contributed by atoms with Crippen molar-refractivity contribution in [3.8, 4) is 5.75 Å². The third-order valence-corrected chi connectivity index (χ3v) is 5.13. The molecule has 0 saturated heterocycles. The Labute approximate surface area is 172 Å². The van der Waals surface area contributed by atoms with Crippen molar-refractivity contribution in [1.29, 1.82) is 0 Å². The van der Waals surface area contributed by atoms with Gasteiger partial charge in [0.15, 0.2) is 5.16 Å². The molecule has 0 saturated carbocycles. The zero-order valence-electron chi connectivity index (χ0n) is 15.8. The molecule has 0 aliphatic carbocycles. The van der Waals surface area contributed by atoms with E-state index in [2.05, 4.69) is 15.5 Å². The summed E-state index contributed by atoms with van der Waals surface area (Å²) >= 11 is 7.56. The first kappa shape index (κ1) is 20.2. The molecule has 1 N–H and O–H groups in total. The lowest BCUT2D eigenvalue weighted by Gasteiger charge is -2.11. The Bertz CT molecular complexity index is 1020. The molecule has 28 heavy (non-hydrogen) atoms. The van der Waals surface area contributed by atoms with Gasteiger partial charge in [-0.05, 0) is 49.7 Å². The predicted molar refractivity (Wildman–Crippen MR) is 114 cm³/mol. The van der Waals surface area contributed by atoms with E-state index in [9.17, 15) is 4.79 Å². The maximum Gasteiger partial charge on any atom is 0.250 e. The molecule has 0 unspecified atom stereocenters. The molecular weight excluding hydrogens is 396 g/mol.